The molecular weight excluding hydrogens is 196 g/mol. The lowest BCUT2D eigenvalue weighted by Crippen LogP contribution is -2.29. The van der Waals surface area contributed by atoms with Crippen molar-refractivity contribution in [1.29, 1.82) is 0 Å². The summed E-state index contributed by atoms with van der Waals surface area (Å²) in [5.74, 6) is 0. The van der Waals surface area contributed by atoms with Crippen LogP contribution in [0.25, 0.3) is 0 Å². The second-order valence-electron chi connectivity index (χ2n) is 3.64. The first-order valence-electron chi connectivity index (χ1n) is 4.98. The van der Waals surface area contributed by atoms with Gasteiger partial charge < -0.3 is 0 Å². The van der Waals surface area contributed by atoms with Crippen LogP contribution in [0, 0.1) is 0 Å². The number of nitrogens with zero attached hydrogens (tertiary/aromatic N) is 2. The molecule has 14 heavy (non-hydrogen) atoms. The van der Waals surface area contributed by atoms with Crippen molar-refractivity contribution in [3.8, 4) is 0 Å². The molecule has 0 N–H and O–H groups in total. The van der Waals surface area contributed by atoms with E-state index in [9.17, 15) is 0 Å². The Morgan fingerprint density at radius 3 is 2.71 bits per heavy atom. The minimum absolute atomic E-state index is 0.562. The predicted molar refractivity (Wildman–Crippen MR) is 60.5 cm³/mol. The zero-order valence-electron chi connectivity index (χ0n) is 9.00. The van der Waals surface area contributed by atoms with Crippen molar-refractivity contribution in [3.63, 3.8) is 0 Å². The highest BCUT2D eigenvalue weighted by Crippen LogP contribution is 2.11. The number of hydrogen-bond acceptors (Lipinski definition) is 2. The molecule has 0 radical (unpaired) electrons. The number of hydrogen-bond donors (Lipinski definition) is 0. The second kappa shape index (κ2) is 5.32. The molecule has 0 atom stereocenters. The minimum atomic E-state index is 0.562. The van der Waals surface area contributed by atoms with Crippen molar-refractivity contribution < 1.29 is 0 Å². The lowest BCUT2D eigenvalue weighted by Gasteiger charge is -2.24. The molecule has 0 aliphatic heterocycles. The Balaban J connectivity index is 2.67. The van der Waals surface area contributed by atoms with Gasteiger partial charge in [0, 0.05) is 18.8 Å². The highest BCUT2D eigenvalue weighted by molar-refractivity contribution is 6.29. The first-order chi connectivity index (χ1) is 6.63. The number of halogens is 1. The van der Waals surface area contributed by atoms with Crippen LogP contribution in [-0.4, -0.2) is 22.5 Å². The molecule has 0 spiro atoms. The van der Waals surface area contributed by atoms with E-state index in [0.717, 1.165) is 13.1 Å². The van der Waals surface area contributed by atoms with Gasteiger partial charge in [0.1, 0.15) is 5.15 Å². The summed E-state index contributed by atoms with van der Waals surface area (Å²) in [4.78, 5) is 6.35. The molecule has 0 saturated carbocycles. The molecule has 0 aliphatic rings. The van der Waals surface area contributed by atoms with Crippen LogP contribution in [0.1, 0.15) is 26.3 Å². The lowest BCUT2D eigenvalue weighted by atomic mass is 10.2. The summed E-state index contributed by atoms with van der Waals surface area (Å²) in [5, 5.41) is 0.572. The molecule has 2 nitrogen and oxygen atoms in total. The summed E-state index contributed by atoms with van der Waals surface area (Å²) in [6, 6.07) is 4.50. The van der Waals surface area contributed by atoms with E-state index in [1.165, 1.54) is 5.56 Å². The Kier molecular flexibility index (Phi) is 4.36. The molecule has 1 aromatic heterocycles. The fraction of sp³-hybridized carbons (Fsp3) is 0.545. The van der Waals surface area contributed by atoms with E-state index in [-0.39, 0.29) is 0 Å². The minimum Gasteiger partial charge on any atom is -0.297 e. The SMILES string of the molecule is CCN(Cc1ccnc(Cl)c1)C(C)C. The third-order valence-electron chi connectivity index (χ3n) is 2.31. The highest BCUT2D eigenvalue weighted by Gasteiger charge is 2.07. The van der Waals surface area contributed by atoms with Crippen LogP contribution in [0.2, 0.25) is 5.15 Å². The summed E-state index contributed by atoms with van der Waals surface area (Å²) < 4.78 is 0. The second-order valence-corrected chi connectivity index (χ2v) is 4.03. The Morgan fingerprint density at radius 1 is 1.50 bits per heavy atom. The molecule has 1 heterocycles. The highest BCUT2D eigenvalue weighted by atomic mass is 35.5. The average Bonchev–Trinajstić information content (AvgIpc) is 2.14. The third kappa shape index (κ3) is 3.28. The molecule has 3 heteroatoms. The van der Waals surface area contributed by atoms with Gasteiger partial charge >= 0.3 is 0 Å². The third-order valence-corrected chi connectivity index (χ3v) is 2.52. The fourth-order valence-electron chi connectivity index (χ4n) is 1.43. The van der Waals surface area contributed by atoms with Crippen molar-refractivity contribution in [3.05, 3.63) is 29.0 Å². The van der Waals surface area contributed by atoms with Gasteiger partial charge in [0.05, 0.1) is 0 Å². The van der Waals surface area contributed by atoms with Gasteiger partial charge in [-0.2, -0.15) is 0 Å². The Labute approximate surface area is 90.9 Å². The maximum Gasteiger partial charge on any atom is 0.129 e. The van der Waals surface area contributed by atoms with Crippen molar-refractivity contribution in [2.45, 2.75) is 33.4 Å². The van der Waals surface area contributed by atoms with Crippen molar-refractivity contribution in [2.24, 2.45) is 0 Å². The van der Waals surface area contributed by atoms with Crippen molar-refractivity contribution >= 4 is 11.6 Å². The van der Waals surface area contributed by atoms with Crippen LogP contribution >= 0.6 is 11.6 Å². The maximum absolute atomic E-state index is 5.82. The van der Waals surface area contributed by atoms with Gasteiger partial charge in [-0.1, -0.05) is 18.5 Å². The van der Waals surface area contributed by atoms with Gasteiger partial charge in [0.2, 0.25) is 0 Å². The summed E-state index contributed by atoms with van der Waals surface area (Å²) in [5.41, 5.74) is 1.22. The standard InChI is InChI=1S/C11H17ClN2/c1-4-14(9(2)3)8-10-5-6-13-11(12)7-10/h5-7,9H,4,8H2,1-3H3. The summed E-state index contributed by atoms with van der Waals surface area (Å²) in [7, 11) is 0. The molecule has 0 amide bonds. The molecule has 1 rings (SSSR count). The van der Waals surface area contributed by atoms with Gasteiger partial charge in [0.25, 0.3) is 0 Å². The Bertz CT molecular complexity index is 286. The predicted octanol–water partition coefficient (Wildman–Crippen LogP) is 2.97. The van der Waals surface area contributed by atoms with Gasteiger partial charge in [0.15, 0.2) is 0 Å². The lowest BCUT2D eigenvalue weighted by molar-refractivity contribution is 0.225. The van der Waals surface area contributed by atoms with E-state index in [2.05, 4.69) is 30.7 Å². The van der Waals surface area contributed by atoms with Crippen LogP contribution in [0.5, 0.6) is 0 Å². The van der Waals surface area contributed by atoms with Crippen LogP contribution < -0.4 is 0 Å². The molecule has 0 unspecified atom stereocenters. The smallest absolute Gasteiger partial charge is 0.129 e. The number of rotatable bonds is 4. The molecule has 0 fully saturated rings. The molecule has 0 saturated heterocycles. The molecular formula is C11H17ClN2. The Hall–Kier alpha value is -0.600. The zero-order chi connectivity index (χ0) is 10.6. The largest absolute Gasteiger partial charge is 0.297 e. The van der Waals surface area contributed by atoms with Crippen molar-refractivity contribution in [1.82, 2.24) is 9.88 Å². The van der Waals surface area contributed by atoms with Crippen LogP contribution in [-0.2, 0) is 6.54 Å². The monoisotopic (exact) mass is 212 g/mol. The quantitative estimate of drug-likeness (QED) is 0.714. The number of pyridine rings is 1. The molecule has 78 valence electrons. The fourth-order valence-corrected chi connectivity index (χ4v) is 1.63. The number of aromatic nitrogens is 1. The summed E-state index contributed by atoms with van der Waals surface area (Å²) in [6.07, 6.45) is 1.76. The van der Waals surface area contributed by atoms with E-state index in [4.69, 9.17) is 11.6 Å². The summed E-state index contributed by atoms with van der Waals surface area (Å²) in [6.45, 7) is 8.56. The molecule has 0 aromatic carbocycles. The molecule has 1 aromatic rings. The average molecular weight is 213 g/mol. The normalized spacial score (nSPS) is 11.3. The first-order valence-corrected chi connectivity index (χ1v) is 5.35. The maximum atomic E-state index is 5.82. The van der Waals surface area contributed by atoms with Gasteiger partial charge in [-0.15, -0.1) is 0 Å². The van der Waals surface area contributed by atoms with E-state index in [1.54, 1.807) is 6.20 Å². The van der Waals surface area contributed by atoms with E-state index >= 15 is 0 Å². The van der Waals surface area contributed by atoms with Crippen LogP contribution in [0.3, 0.4) is 0 Å². The van der Waals surface area contributed by atoms with Gasteiger partial charge in [-0.05, 0) is 38.1 Å². The Morgan fingerprint density at radius 2 is 2.21 bits per heavy atom. The van der Waals surface area contributed by atoms with E-state index in [0.29, 0.717) is 11.2 Å². The topological polar surface area (TPSA) is 16.1 Å². The van der Waals surface area contributed by atoms with Crippen molar-refractivity contribution in [2.75, 3.05) is 6.54 Å². The zero-order valence-corrected chi connectivity index (χ0v) is 9.75. The first kappa shape index (κ1) is 11.5. The van der Waals surface area contributed by atoms with Crippen LogP contribution in [0.4, 0.5) is 0 Å². The van der Waals surface area contributed by atoms with Crippen LogP contribution in [0.15, 0.2) is 18.3 Å². The molecule has 0 bridgehead atoms. The van der Waals surface area contributed by atoms with Gasteiger partial charge in [-0.25, -0.2) is 4.98 Å². The van der Waals surface area contributed by atoms with E-state index < -0.39 is 0 Å². The van der Waals surface area contributed by atoms with E-state index in [1.807, 2.05) is 12.1 Å². The van der Waals surface area contributed by atoms with Gasteiger partial charge in [-0.3, -0.25) is 4.90 Å². The summed E-state index contributed by atoms with van der Waals surface area (Å²) >= 11 is 5.82. The molecule has 0 aliphatic carbocycles.